The number of Topliss-reactive ketones (excluding diaryl/α,β-unsaturated/α-hetero) is 5. The zero-order valence-electron chi connectivity index (χ0n) is 50.8. The zero-order valence-corrected chi connectivity index (χ0v) is 53.9. The second-order valence-corrected chi connectivity index (χ2v) is 25.7. The lowest BCUT2D eigenvalue weighted by Gasteiger charge is -2.32. The smallest absolute Gasteiger partial charge is 0.376 e. The van der Waals surface area contributed by atoms with Crippen LogP contribution in [0.4, 0.5) is 0 Å². The van der Waals surface area contributed by atoms with E-state index < -0.39 is 7.05 Å². The largest absolute Gasteiger partial charge is 0.437 e. The number of hydrogen-bond donors (Lipinski definition) is 6. The molecule has 1 unspecified atom stereocenters. The molecule has 11 aliphatic rings. The molecule has 7 N–H and O–H groups in total. The Kier molecular flexibility index (Phi) is 37.9. The Bertz CT molecular complexity index is 1810. The number of piperidine rings is 7. The Hall–Kier alpha value is -1.50. The maximum Gasteiger partial charge on any atom is 0.376 e. The van der Waals surface area contributed by atoms with Crippen LogP contribution in [0.3, 0.4) is 0 Å². The van der Waals surface area contributed by atoms with Crippen LogP contribution in [-0.2, 0) is 28.8 Å². The Morgan fingerprint density at radius 1 is 0.543 bits per heavy atom. The van der Waals surface area contributed by atoms with Gasteiger partial charge in [0.05, 0.1) is 17.2 Å². The van der Waals surface area contributed by atoms with Crippen LogP contribution in [0.15, 0.2) is 11.6 Å². The first kappa shape index (κ1) is 73.8. The van der Waals surface area contributed by atoms with Gasteiger partial charge >= 0.3 is 28.2 Å². The van der Waals surface area contributed by atoms with Gasteiger partial charge < -0.3 is 60.1 Å². The van der Waals surface area contributed by atoms with Crippen LogP contribution in [0.1, 0.15) is 136 Å². The van der Waals surface area contributed by atoms with E-state index in [1.807, 2.05) is 9.62 Å². The lowest BCUT2D eigenvalue weighted by atomic mass is 9.80. The quantitative estimate of drug-likeness (QED) is 0.0820. The van der Waals surface area contributed by atoms with E-state index >= 15 is 0 Å². The molecule has 81 heavy (non-hydrogen) atoms. The van der Waals surface area contributed by atoms with Gasteiger partial charge in [0.15, 0.2) is 5.78 Å². The maximum atomic E-state index is 11.2. The molecule has 11 aliphatic heterocycles. The van der Waals surface area contributed by atoms with Gasteiger partial charge in [0.1, 0.15) is 28.9 Å². The van der Waals surface area contributed by atoms with Crippen molar-refractivity contribution in [1.29, 1.82) is 0 Å². The van der Waals surface area contributed by atoms with Crippen LogP contribution >= 0.6 is 31.9 Å². The standard InChI is InChI=1S/C9H17BBrNO2.C9H18BNO2.C9H16BNO2.C8H14BrNO.C8H16N2.C8H13NO.C6H12BNO2/c1-10(14)12-4-2-8(3-5-12)6-9(13)7-11;2*1-8(12)7-9-3-5-11(6-4-9)10(2)13;9-6-8(11)5-7-1-3-10-4-2-7;9-8-5-7-1-3-10(6-8)4-2-7;10-8-5-7-1-3-9(6-8)4-2-7;1-7(10)8-4-2-6(9)3-5-8/h8,14H,2-7H2,1H3;9,13H,3-7H2,1-2H3;7,13H,3-6H2,1-2H3;7,10H,1-6H2;7-8H,1-6,9H2;7H,1-6H2;10H,2-5H2,1H3. The third-order valence-corrected chi connectivity index (χ3v) is 18.7. The molecule has 11 saturated heterocycles. The summed E-state index contributed by atoms with van der Waals surface area (Å²) in [6.07, 6.45) is 20.8. The monoisotopic (exact) mass is 1260 g/mol. The molecule has 0 saturated carbocycles. The molecule has 1 atom stereocenters. The fraction of sp³-hybridized carbons (Fsp3) is 0.860. The van der Waals surface area contributed by atoms with Crippen LogP contribution in [0.25, 0.3) is 0 Å². The number of rotatable bonds is 13. The number of carbonyl (C=O) groups excluding carboxylic acids is 6. The van der Waals surface area contributed by atoms with Crippen molar-refractivity contribution in [3.05, 3.63) is 11.6 Å². The summed E-state index contributed by atoms with van der Waals surface area (Å²) in [5, 5.41) is 41.3. The highest BCUT2D eigenvalue weighted by molar-refractivity contribution is 9.09. The van der Waals surface area contributed by atoms with Crippen molar-refractivity contribution in [2.75, 3.05) is 115 Å². The topological polar surface area (TPSA) is 241 Å². The molecule has 0 aliphatic carbocycles. The van der Waals surface area contributed by atoms with Crippen molar-refractivity contribution in [3.8, 4) is 0 Å². The number of ketones is 6. The molecule has 4 bridgehead atoms. The zero-order chi connectivity index (χ0) is 59.9. The summed E-state index contributed by atoms with van der Waals surface area (Å²) in [6, 6.07) is 0.468. The molecule has 11 fully saturated rings. The van der Waals surface area contributed by atoms with E-state index in [1.165, 1.54) is 63.6 Å². The first-order chi connectivity index (χ1) is 38.5. The van der Waals surface area contributed by atoms with Crippen LogP contribution in [-0.4, -0.2) is 233 Å². The van der Waals surface area contributed by atoms with E-state index in [-0.39, 0.29) is 32.7 Å². The second kappa shape index (κ2) is 41.6. The van der Waals surface area contributed by atoms with Gasteiger partial charge in [-0.3, -0.25) is 28.9 Å². The minimum absolute atomic E-state index is 0.125. The lowest BCUT2D eigenvalue weighted by Crippen LogP contribution is -2.43. The predicted molar refractivity (Wildman–Crippen MR) is 338 cm³/mol. The van der Waals surface area contributed by atoms with Gasteiger partial charge in [-0.1, -0.05) is 37.4 Å². The second-order valence-electron chi connectivity index (χ2n) is 24.6. The molecule has 0 radical (unpaired) electrons. The van der Waals surface area contributed by atoms with Crippen molar-refractivity contribution < 1.29 is 48.9 Å². The third-order valence-electron chi connectivity index (χ3n) is 17.4. The number of nitrogens with two attached hydrogens (primary N) is 1. The van der Waals surface area contributed by atoms with Gasteiger partial charge in [-0.2, -0.15) is 0 Å². The summed E-state index contributed by atoms with van der Waals surface area (Å²) >= 11 is 6.35. The van der Waals surface area contributed by atoms with Crippen molar-refractivity contribution in [2.24, 2.45) is 35.3 Å². The molecular weight excluding hydrogens is 1160 g/mol. The van der Waals surface area contributed by atoms with E-state index in [4.69, 9.17) is 10.8 Å². The summed E-state index contributed by atoms with van der Waals surface area (Å²) in [5.74, 6) is 5.22. The summed E-state index contributed by atoms with van der Waals surface area (Å²) in [5.41, 5.74) is 7.13. The van der Waals surface area contributed by atoms with Gasteiger partial charge in [0.25, 0.3) is 0 Å². The van der Waals surface area contributed by atoms with Crippen LogP contribution < -0.4 is 11.1 Å². The van der Waals surface area contributed by atoms with E-state index in [0.29, 0.717) is 83.3 Å². The van der Waals surface area contributed by atoms with Gasteiger partial charge in [-0.15, -0.1) is 0 Å². The molecule has 0 aromatic carbocycles. The molecule has 11 heterocycles. The van der Waals surface area contributed by atoms with Crippen molar-refractivity contribution in [1.82, 2.24) is 34.4 Å². The van der Waals surface area contributed by atoms with Gasteiger partial charge in [0.2, 0.25) is 0 Å². The molecule has 24 heteroatoms. The number of carbonyl (C=O) groups is 6. The van der Waals surface area contributed by atoms with Crippen molar-refractivity contribution >= 4 is 94.8 Å². The van der Waals surface area contributed by atoms with Gasteiger partial charge in [-0.05, 0) is 252 Å². The average Bonchev–Trinajstić information content (AvgIpc) is 3.91. The number of nitrogens with one attached hydrogen (secondary N) is 1. The minimum atomic E-state index is -0.395. The fourth-order valence-electron chi connectivity index (χ4n) is 12.3. The lowest BCUT2D eigenvalue weighted by molar-refractivity contribution is -0.121. The first-order valence-electron chi connectivity index (χ1n) is 31.0. The fourth-order valence-corrected chi connectivity index (χ4v) is 12.8. The number of alkyl halides is 2. The molecule has 11 rings (SSSR count). The summed E-state index contributed by atoms with van der Waals surface area (Å²) < 4.78 is 0. The van der Waals surface area contributed by atoms with Crippen LogP contribution in [0.2, 0.25) is 27.3 Å². The van der Waals surface area contributed by atoms with Crippen LogP contribution in [0, 0.1) is 29.6 Å². The Labute approximate surface area is 506 Å². The van der Waals surface area contributed by atoms with Crippen molar-refractivity contribution in [3.63, 3.8) is 0 Å². The molecule has 18 nitrogen and oxygen atoms in total. The highest BCUT2D eigenvalue weighted by Gasteiger charge is 2.30. The number of hydrogen-bond acceptors (Lipinski definition) is 18. The van der Waals surface area contributed by atoms with Crippen molar-refractivity contribution in [2.45, 2.75) is 169 Å². The first-order valence-corrected chi connectivity index (χ1v) is 33.3. The van der Waals surface area contributed by atoms with E-state index in [1.54, 1.807) is 47.2 Å². The Morgan fingerprint density at radius 3 is 1.36 bits per heavy atom. The molecular formula is C57H106B4Br2N8O10. The van der Waals surface area contributed by atoms with Gasteiger partial charge in [0, 0.05) is 51.1 Å². The van der Waals surface area contributed by atoms with E-state index in [9.17, 15) is 43.8 Å². The third kappa shape index (κ3) is 32.7. The Balaban J connectivity index is 0.000000249. The highest BCUT2D eigenvalue weighted by Crippen LogP contribution is 2.27. The maximum absolute atomic E-state index is 11.2. The molecule has 0 amide bonds. The number of nitrogens with zero attached hydrogens (tertiary/aromatic N) is 6. The molecule has 0 spiro atoms. The average molecular weight is 1270 g/mol. The normalized spacial score (nSPS) is 25.7. The number of allylic oxidation sites excluding steroid dienone is 1. The van der Waals surface area contributed by atoms with E-state index in [2.05, 4.69) is 56.6 Å². The molecule has 460 valence electrons. The van der Waals surface area contributed by atoms with E-state index in [0.717, 1.165) is 155 Å². The van der Waals surface area contributed by atoms with Crippen LogP contribution in [0.5, 0.6) is 0 Å². The number of halogens is 2. The number of fused-ring (bicyclic) bond motifs is 8. The molecule has 0 aromatic heterocycles. The summed E-state index contributed by atoms with van der Waals surface area (Å²) in [4.78, 5) is 78.5. The summed E-state index contributed by atoms with van der Waals surface area (Å²) in [7, 11) is -1.44. The highest BCUT2D eigenvalue weighted by atomic mass is 79.9. The minimum Gasteiger partial charge on any atom is -0.437 e. The Morgan fingerprint density at radius 2 is 0.938 bits per heavy atom. The predicted octanol–water partition coefficient (Wildman–Crippen LogP) is 4.86. The van der Waals surface area contributed by atoms with Gasteiger partial charge in [-0.25, -0.2) is 0 Å². The SMILES string of the molecule is CB(O)N1CCC(=CC(C)=O)CC1.CB(O)N1CCC(=O)CC1.CB(O)N1CCC(CC(=O)CBr)CC1.CB(O)N1CCC(CC(C)=O)CC1.NC1CC2CCN(CC2)C1.O=C(CBr)CC1CCNCC1.O=C1CC2CCN(CC2)C1. The summed E-state index contributed by atoms with van der Waals surface area (Å²) in [6.45, 7) is 26.2. The molecule has 0 aromatic rings.